The maximum atomic E-state index is 12.4. The highest BCUT2D eigenvalue weighted by atomic mass is 32.2. The van der Waals surface area contributed by atoms with Gasteiger partial charge in [0, 0.05) is 29.0 Å². The van der Waals surface area contributed by atoms with Gasteiger partial charge in [-0.1, -0.05) is 55.1 Å². The van der Waals surface area contributed by atoms with Crippen molar-refractivity contribution in [3.63, 3.8) is 0 Å². The number of aromatic nitrogens is 3. The van der Waals surface area contributed by atoms with Crippen LogP contribution >= 0.6 is 24.0 Å². The van der Waals surface area contributed by atoms with Crippen LogP contribution in [0.5, 0.6) is 11.5 Å². The molecule has 14 heteroatoms. The van der Waals surface area contributed by atoms with E-state index in [0.717, 1.165) is 33.5 Å². The number of benzene rings is 3. The number of nitrogens with one attached hydrogen (secondary N) is 1. The van der Waals surface area contributed by atoms with Gasteiger partial charge in [0.1, 0.15) is 17.8 Å². The Morgan fingerprint density at radius 1 is 1.09 bits per heavy atom. The van der Waals surface area contributed by atoms with Gasteiger partial charge < -0.3 is 9.47 Å². The lowest BCUT2D eigenvalue weighted by molar-refractivity contribution is -0.274. The molecule has 0 amide bonds. The molecule has 44 heavy (non-hydrogen) atoms. The maximum Gasteiger partial charge on any atom is 0.573 e. The van der Waals surface area contributed by atoms with E-state index in [1.807, 2.05) is 36.4 Å². The van der Waals surface area contributed by atoms with E-state index >= 15 is 0 Å². The predicted octanol–water partition coefficient (Wildman–Crippen LogP) is 6.66. The first-order chi connectivity index (χ1) is 21.2. The first-order valence-electron chi connectivity index (χ1n) is 13.3. The van der Waals surface area contributed by atoms with E-state index in [4.69, 9.17) is 17.0 Å². The summed E-state index contributed by atoms with van der Waals surface area (Å²) in [5.41, 5.74) is 8.32. The van der Waals surface area contributed by atoms with Gasteiger partial charge in [-0.25, -0.2) is 9.67 Å². The Balaban J connectivity index is 1.08. The van der Waals surface area contributed by atoms with Crippen molar-refractivity contribution >= 4 is 46.2 Å². The molecule has 0 saturated carbocycles. The van der Waals surface area contributed by atoms with Crippen LogP contribution in [0, 0.1) is 0 Å². The number of thioether (sulfide) groups is 1. The molecule has 1 unspecified atom stereocenters. The smallest absolute Gasteiger partial charge is 0.497 e. The van der Waals surface area contributed by atoms with Gasteiger partial charge in [0.2, 0.25) is 5.11 Å². The highest BCUT2D eigenvalue weighted by Crippen LogP contribution is 2.44. The third-order valence-corrected chi connectivity index (χ3v) is 7.96. The number of nitrogens with zero attached hydrogens (tertiary/aromatic N) is 6. The number of thiocarbonyl (C=S) groups is 1. The fourth-order valence-electron chi connectivity index (χ4n) is 4.77. The molecule has 2 aliphatic rings. The summed E-state index contributed by atoms with van der Waals surface area (Å²) in [6, 6.07) is 18.8. The number of rotatable bonds is 6. The highest BCUT2D eigenvalue weighted by molar-refractivity contribution is 8.14. The molecule has 1 N–H and O–H groups in total. The Labute approximate surface area is 260 Å². The summed E-state index contributed by atoms with van der Waals surface area (Å²) >= 11 is 7.07. The number of fused-ring (bicyclic) bond motifs is 3. The molecule has 1 atom stereocenters. The second-order valence-electron chi connectivity index (χ2n) is 9.74. The number of amidine groups is 1. The topological polar surface area (TPSA) is 89.2 Å². The number of hydrazone groups is 1. The molecular weight excluding hydrogens is 612 g/mol. The number of hydrogen-bond acceptors (Lipinski definition) is 7. The SMILES string of the molecule is COc1ccc2c(c1)N1C(=CC2C)CSC1=NC(=S)N/N=C/c1ccc(-c2ncn(-c3ccc(OC(F)(F)F)cc3)n2)cc1. The van der Waals surface area contributed by atoms with Crippen molar-refractivity contribution in [3.8, 4) is 28.6 Å². The minimum atomic E-state index is -4.75. The second-order valence-corrected chi connectivity index (χ2v) is 11.1. The summed E-state index contributed by atoms with van der Waals surface area (Å²) in [5.74, 6) is 2.01. The molecule has 3 aromatic carbocycles. The van der Waals surface area contributed by atoms with Crippen LogP contribution in [0.15, 0.2) is 94.9 Å². The molecule has 2 aliphatic heterocycles. The van der Waals surface area contributed by atoms with Crippen LogP contribution in [0.3, 0.4) is 0 Å². The number of alkyl halides is 3. The first-order valence-corrected chi connectivity index (χ1v) is 14.7. The molecule has 6 rings (SSSR count). The molecular formula is C30H24F3N7O2S2. The maximum absolute atomic E-state index is 12.4. The van der Waals surface area contributed by atoms with Crippen LogP contribution in [0.4, 0.5) is 18.9 Å². The lowest BCUT2D eigenvalue weighted by atomic mass is 9.94. The third-order valence-electron chi connectivity index (χ3n) is 6.81. The van der Waals surface area contributed by atoms with Gasteiger partial charge in [0.25, 0.3) is 0 Å². The third kappa shape index (κ3) is 6.45. The number of hydrogen-bond donors (Lipinski definition) is 1. The number of methoxy groups -OCH3 is 1. The fourth-order valence-corrected chi connectivity index (χ4v) is 5.97. The van der Waals surface area contributed by atoms with E-state index in [1.165, 1.54) is 46.5 Å². The largest absolute Gasteiger partial charge is 0.573 e. The van der Waals surface area contributed by atoms with Crippen LogP contribution in [-0.4, -0.2) is 50.5 Å². The molecule has 0 aliphatic carbocycles. The second kappa shape index (κ2) is 12.1. The molecule has 0 bridgehead atoms. The molecule has 1 saturated heterocycles. The van der Waals surface area contributed by atoms with Crippen LogP contribution in [0.2, 0.25) is 0 Å². The zero-order valence-electron chi connectivity index (χ0n) is 23.3. The Kier molecular flexibility index (Phi) is 8.10. The molecule has 1 fully saturated rings. The average Bonchev–Trinajstić information content (AvgIpc) is 3.65. The van der Waals surface area contributed by atoms with Crippen LogP contribution < -0.4 is 19.8 Å². The number of allylic oxidation sites excluding steroid dienone is 1. The van der Waals surface area contributed by atoms with Crippen molar-refractivity contribution in [2.75, 3.05) is 17.8 Å². The van der Waals surface area contributed by atoms with Gasteiger partial charge in [0.15, 0.2) is 11.0 Å². The number of aliphatic imine (C=N–C) groups is 1. The van der Waals surface area contributed by atoms with Crippen molar-refractivity contribution in [3.05, 3.63) is 96.0 Å². The zero-order chi connectivity index (χ0) is 30.8. The lowest BCUT2D eigenvalue weighted by Gasteiger charge is -2.30. The van der Waals surface area contributed by atoms with E-state index in [9.17, 15) is 13.2 Å². The summed E-state index contributed by atoms with van der Waals surface area (Å²) in [5, 5.41) is 9.67. The van der Waals surface area contributed by atoms with E-state index in [2.05, 4.69) is 54.3 Å². The highest BCUT2D eigenvalue weighted by Gasteiger charge is 2.33. The van der Waals surface area contributed by atoms with Crippen LogP contribution in [0.25, 0.3) is 17.1 Å². The van der Waals surface area contributed by atoms with Crippen molar-refractivity contribution in [2.24, 2.45) is 10.1 Å². The number of halogens is 3. The van der Waals surface area contributed by atoms with Crippen LogP contribution in [0.1, 0.15) is 24.0 Å². The summed E-state index contributed by atoms with van der Waals surface area (Å²) < 4.78 is 48.0. The van der Waals surface area contributed by atoms with Crippen molar-refractivity contribution in [1.29, 1.82) is 0 Å². The Morgan fingerprint density at radius 2 is 1.84 bits per heavy atom. The number of anilines is 1. The summed E-state index contributed by atoms with van der Waals surface area (Å²) in [6.07, 6.45) is 0.609. The molecule has 224 valence electrons. The predicted molar refractivity (Wildman–Crippen MR) is 169 cm³/mol. The minimum absolute atomic E-state index is 0.234. The van der Waals surface area contributed by atoms with Gasteiger partial charge >= 0.3 is 6.36 Å². The molecule has 0 spiro atoms. The normalized spacial score (nSPS) is 16.9. The van der Waals surface area contributed by atoms with Crippen LogP contribution in [-0.2, 0) is 0 Å². The van der Waals surface area contributed by atoms with Crippen molar-refractivity contribution in [2.45, 2.75) is 19.2 Å². The molecule has 1 aromatic heterocycles. The summed E-state index contributed by atoms with van der Waals surface area (Å²) in [6.45, 7) is 2.18. The minimum Gasteiger partial charge on any atom is -0.497 e. The van der Waals surface area contributed by atoms with Gasteiger partial charge in [-0.15, -0.1) is 18.3 Å². The first kappa shape index (κ1) is 29.4. The van der Waals surface area contributed by atoms with E-state index in [0.29, 0.717) is 11.5 Å². The summed E-state index contributed by atoms with van der Waals surface area (Å²) in [4.78, 5) is 11.1. The van der Waals surface area contributed by atoms with E-state index < -0.39 is 6.36 Å². The standard InChI is InChI=1S/C30H24F3N7O2S2/c1-18-13-22-16-44-29(40(22)26-14-24(41-2)11-12-25(18)26)36-28(43)37-35-15-19-3-5-20(6-4-19)27-34-17-39(38-27)21-7-9-23(10-8-21)42-30(31,32)33/h3-15,17-18H,16H2,1-2H3,(H,37,43)/b35-15+,36-29?. The van der Waals surface area contributed by atoms with Gasteiger partial charge in [0.05, 0.1) is 24.7 Å². The van der Waals surface area contributed by atoms with Crippen molar-refractivity contribution < 1.29 is 22.6 Å². The van der Waals surface area contributed by atoms with E-state index in [1.54, 1.807) is 25.1 Å². The van der Waals surface area contributed by atoms with Gasteiger partial charge in [-0.3, -0.25) is 10.3 Å². The van der Waals surface area contributed by atoms with Gasteiger partial charge in [-0.2, -0.15) is 10.1 Å². The monoisotopic (exact) mass is 635 g/mol. The zero-order valence-corrected chi connectivity index (χ0v) is 25.0. The fraction of sp³-hybridized carbons (Fsp3) is 0.167. The molecule has 0 radical (unpaired) electrons. The van der Waals surface area contributed by atoms with E-state index in [-0.39, 0.29) is 16.8 Å². The average molecular weight is 636 g/mol. The Morgan fingerprint density at radius 3 is 2.57 bits per heavy atom. The Bertz CT molecular complexity index is 1790. The lowest BCUT2D eigenvalue weighted by Crippen LogP contribution is -2.28. The Hall–Kier alpha value is -4.69. The van der Waals surface area contributed by atoms with Crippen molar-refractivity contribution in [1.82, 2.24) is 20.2 Å². The molecule has 3 heterocycles. The molecule has 9 nitrogen and oxygen atoms in total. The number of ether oxygens (including phenoxy) is 2. The quantitative estimate of drug-likeness (QED) is 0.143. The van der Waals surface area contributed by atoms with Gasteiger partial charge in [-0.05, 0) is 53.7 Å². The molecule has 4 aromatic rings. The summed E-state index contributed by atoms with van der Waals surface area (Å²) in [7, 11) is 1.65.